The highest BCUT2D eigenvalue weighted by molar-refractivity contribution is 5.92. The van der Waals surface area contributed by atoms with E-state index < -0.39 is 5.97 Å². The third-order valence-electron chi connectivity index (χ3n) is 4.06. The van der Waals surface area contributed by atoms with E-state index in [1.807, 2.05) is 6.07 Å². The van der Waals surface area contributed by atoms with Gasteiger partial charge in [-0.25, -0.2) is 9.78 Å². The SMILES string of the molecule is CCn1c(C2CCCC2)nc2ccc(C(=O)O)cc21. The topological polar surface area (TPSA) is 55.1 Å². The number of aromatic carboxylic acids is 1. The average molecular weight is 258 g/mol. The Morgan fingerprint density at radius 1 is 1.42 bits per heavy atom. The maximum atomic E-state index is 11.1. The van der Waals surface area contributed by atoms with Gasteiger partial charge in [0.25, 0.3) is 0 Å². The molecule has 1 aromatic carbocycles. The molecule has 0 bridgehead atoms. The number of benzene rings is 1. The van der Waals surface area contributed by atoms with Crippen molar-refractivity contribution in [2.45, 2.75) is 45.1 Å². The Labute approximate surface area is 112 Å². The van der Waals surface area contributed by atoms with Gasteiger partial charge in [-0.2, -0.15) is 0 Å². The van der Waals surface area contributed by atoms with Crippen LogP contribution in [0.5, 0.6) is 0 Å². The van der Waals surface area contributed by atoms with Crippen molar-refractivity contribution in [1.82, 2.24) is 9.55 Å². The molecule has 1 N–H and O–H groups in total. The molecule has 2 aromatic rings. The lowest BCUT2D eigenvalue weighted by Crippen LogP contribution is -2.06. The van der Waals surface area contributed by atoms with Gasteiger partial charge in [-0.3, -0.25) is 0 Å². The monoisotopic (exact) mass is 258 g/mol. The molecule has 0 amide bonds. The zero-order valence-corrected chi connectivity index (χ0v) is 11.1. The van der Waals surface area contributed by atoms with E-state index in [9.17, 15) is 4.79 Å². The van der Waals surface area contributed by atoms with Crippen molar-refractivity contribution in [2.75, 3.05) is 0 Å². The molecule has 1 aliphatic carbocycles. The number of nitrogens with zero attached hydrogens (tertiary/aromatic N) is 2. The Bertz CT molecular complexity index is 624. The second-order valence-corrected chi connectivity index (χ2v) is 5.20. The first-order valence-electron chi connectivity index (χ1n) is 6.94. The second-order valence-electron chi connectivity index (χ2n) is 5.20. The third-order valence-corrected chi connectivity index (χ3v) is 4.06. The van der Waals surface area contributed by atoms with E-state index in [1.165, 1.54) is 25.7 Å². The molecule has 0 radical (unpaired) electrons. The third kappa shape index (κ3) is 2.01. The lowest BCUT2D eigenvalue weighted by molar-refractivity contribution is 0.0697. The van der Waals surface area contributed by atoms with Gasteiger partial charge in [-0.1, -0.05) is 12.8 Å². The molecular formula is C15H18N2O2. The van der Waals surface area contributed by atoms with Crippen molar-refractivity contribution in [3.63, 3.8) is 0 Å². The minimum absolute atomic E-state index is 0.333. The Morgan fingerprint density at radius 2 is 2.16 bits per heavy atom. The van der Waals surface area contributed by atoms with Crippen molar-refractivity contribution < 1.29 is 9.90 Å². The van der Waals surface area contributed by atoms with Crippen LogP contribution < -0.4 is 0 Å². The maximum absolute atomic E-state index is 11.1. The van der Waals surface area contributed by atoms with Gasteiger partial charge in [0.05, 0.1) is 16.6 Å². The van der Waals surface area contributed by atoms with Crippen molar-refractivity contribution in [2.24, 2.45) is 0 Å². The molecule has 1 aromatic heterocycles. The summed E-state index contributed by atoms with van der Waals surface area (Å²) in [6, 6.07) is 5.20. The molecule has 1 saturated carbocycles. The van der Waals surface area contributed by atoms with Crippen LogP contribution in [0.1, 0.15) is 54.7 Å². The highest BCUT2D eigenvalue weighted by Gasteiger charge is 2.23. The summed E-state index contributed by atoms with van der Waals surface area (Å²) >= 11 is 0. The van der Waals surface area contributed by atoms with E-state index >= 15 is 0 Å². The predicted octanol–water partition coefficient (Wildman–Crippen LogP) is 3.41. The standard InChI is InChI=1S/C15H18N2O2/c1-2-17-13-9-11(15(18)19)7-8-12(13)16-14(17)10-5-3-4-6-10/h7-10H,2-6H2,1H3,(H,18,19). The van der Waals surface area contributed by atoms with Crippen LogP contribution in [-0.4, -0.2) is 20.6 Å². The summed E-state index contributed by atoms with van der Waals surface area (Å²) in [6.45, 7) is 2.93. The maximum Gasteiger partial charge on any atom is 0.335 e. The van der Waals surface area contributed by atoms with Gasteiger partial charge in [0.15, 0.2) is 0 Å². The van der Waals surface area contributed by atoms with Crippen molar-refractivity contribution in [3.8, 4) is 0 Å². The highest BCUT2D eigenvalue weighted by Crippen LogP contribution is 2.35. The average Bonchev–Trinajstić information content (AvgIpc) is 3.04. The number of hydrogen-bond donors (Lipinski definition) is 1. The van der Waals surface area contributed by atoms with Gasteiger partial charge in [-0.05, 0) is 38.0 Å². The first kappa shape index (κ1) is 12.2. The molecule has 0 saturated heterocycles. The molecule has 1 aliphatic rings. The van der Waals surface area contributed by atoms with Crippen LogP contribution in [0.15, 0.2) is 18.2 Å². The highest BCUT2D eigenvalue weighted by atomic mass is 16.4. The molecule has 100 valence electrons. The van der Waals surface area contributed by atoms with E-state index in [0.717, 1.165) is 23.4 Å². The Morgan fingerprint density at radius 3 is 2.79 bits per heavy atom. The van der Waals surface area contributed by atoms with E-state index in [-0.39, 0.29) is 0 Å². The summed E-state index contributed by atoms with van der Waals surface area (Å²) < 4.78 is 2.18. The fraction of sp³-hybridized carbons (Fsp3) is 0.467. The first-order valence-corrected chi connectivity index (χ1v) is 6.94. The molecule has 4 nitrogen and oxygen atoms in total. The number of hydrogen-bond acceptors (Lipinski definition) is 2. The zero-order valence-electron chi connectivity index (χ0n) is 11.1. The van der Waals surface area contributed by atoms with Crippen LogP contribution in [-0.2, 0) is 6.54 Å². The molecule has 4 heteroatoms. The first-order chi connectivity index (χ1) is 9.20. The Balaban J connectivity index is 2.15. The summed E-state index contributed by atoms with van der Waals surface area (Å²) in [5.41, 5.74) is 2.19. The number of imidazole rings is 1. The number of aromatic nitrogens is 2. The summed E-state index contributed by atoms with van der Waals surface area (Å²) in [5.74, 6) is 0.798. The number of carboxylic acid groups (broad SMARTS) is 1. The van der Waals surface area contributed by atoms with Crippen LogP contribution in [0, 0.1) is 0 Å². The molecular weight excluding hydrogens is 240 g/mol. The van der Waals surface area contributed by atoms with Gasteiger partial charge < -0.3 is 9.67 Å². The molecule has 3 rings (SSSR count). The number of rotatable bonds is 3. The normalized spacial score (nSPS) is 16.3. The van der Waals surface area contributed by atoms with Crippen LogP contribution in [0.4, 0.5) is 0 Å². The Hall–Kier alpha value is -1.84. The van der Waals surface area contributed by atoms with Crippen LogP contribution in [0.2, 0.25) is 0 Å². The minimum atomic E-state index is -0.881. The fourth-order valence-electron chi connectivity index (χ4n) is 3.10. The van der Waals surface area contributed by atoms with E-state index in [0.29, 0.717) is 11.5 Å². The molecule has 1 fully saturated rings. The van der Waals surface area contributed by atoms with Crippen LogP contribution >= 0.6 is 0 Å². The molecule has 0 spiro atoms. The summed E-state index contributed by atoms with van der Waals surface area (Å²) in [5, 5.41) is 9.10. The smallest absolute Gasteiger partial charge is 0.335 e. The van der Waals surface area contributed by atoms with Crippen molar-refractivity contribution in [1.29, 1.82) is 0 Å². The van der Waals surface area contributed by atoms with Crippen molar-refractivity contribution in [3.05, 3.63) is 29.6 Å². The van der Waals surface area contributed by atoms with Crippen molar-refractivity contribution >= 4 is 17.0 Å². The molecule has 0 aliphatic heterocycles. The summed E-state index contributed by atoms with van der Waals surface area (Å²) in [6.07, 6.45) is 4.96. The molecule has 1 heterocycles. The number of aryl methyl sites for hydroxylation is 1. The van der Waals surface area contributed by atoms with Crippen LogP contribution in [0.3, 0.4) is 0 Å². The second kappa shape index (κ2) is 4.68. The molecule has 19 heavy (non-hydrogen) atoms. The summed E-state index contributed by atoms with van der Waals surface area (Å²) in [4.78, 5) is 15.8. The fourth-order valence-corrected chi connectivity index (χ4v) is 3.10. The van der Waals surface area contributed by atoms with E-state index in [1.54, 1.807) is 12.1 Å². The van der Waals surface area contributed by atoms with Crippen LogP contribution in [0.25, 0.3) is 11.0 Å². The van der Waals surface area contributed by atoms with Gasteiger partial charge in [-0.15, -0.1) is 0 Å². The molecule has 0 unspecified atom stereocenters. The lowest BCUT2D eigenvalue weighted by atomic mass is 10.1. The predicted molar refractivity (Wildman–Crippen MR) is 73.6 cm³/mol. The lowest BCUT2D eigenvalue weighted by Gasteiger charge is -2.11. The van der Waals surface area contributed by atoms with Gasteiger partial charge in [0.2, 0.25) is 0 Å². The zero-order chi connectivity index (χ0) is 13.4. The molecule has 0 atom stereocenters. The number of carbonyl (C=O) groups is 1. The van der Waals surface area contributed by atoms with E-state index in [4.69, 9.17) is 10.1 Å². The van der Waals surface area contributed by atoms with Gasteiger partial charge in [0, 0.05) is 12.5 Å². The number of fused-ring (bicyclic) bond motifs is 1. The quantitative estimate of drug-likeness (QED) is 0.917. The summed E-state index contributed by atoms with van der Waals surface area (Å²) in [7, 11) is 0. The minimum Gasteiger partial charge on any atom is -0.478 e. The van der Waals surface area contributed by atoms with E-state index in [2.05, 4.69) is 11.5 Å². The largest absolute Gasteiger partial charge is 0.478 e. The van der Waals surface area contributed by atoms with Gasteiger partial charge in [0.1, 0.15) is 5.82 Å². The van der Waals surface area contributed by atoms with Gasteiger partial charge >= 0.3 is 5.97 Å². The number of carboxylic acids is 1. The Kier molecular flexibility index (Phi) is 3.01.